The number of piperidine rings is 2. The summed E-state index contributed by atoms with van der Waals surface area (Å²) < 4.78 is 0. The first-order valence-electron chi connectivity index (χ1n) is 33.6. The quantitative estimate of drug-likeness (QED) is 0.0268. The number of hydrogen-bond donors (Lipinski definition) is 11. The summed E-state index contributed by atoms with van der Waals surface area (Å²) in [5, 5.41) is 82.5. The van der Waals surface area contributed by atoms with Gasteiger partial charge in [0.15, 0.2) is 23.0 Å². The Morgan fingerprint density at radius 1 is 0.722 bits per heavy atom. The van der Waals surface area contributed by atoms with Crippen molar-refractivity contribution in [2.24, 2.45) is 45.8 Å². The lowest BCUT2D eigenvalue weighted by molar-refractivity contribution is -0.228. The van der Waals surface area contributed by atoms with Gasteiger partial charge in [0.05, 0.1) is 17.8 Å². The number of imidazole rings is 1. The van der Waals surface area contributed by atoms with Gasteiger partial charge in [0.25, 0.3) is 0 Å². The molecule has 4 saturated heterocycles. The molecule has 468 valence electrons. The largest absolute Gasteiger partial charge is 0.507 e. The van der Waals surface area contributed by atoms with Crippen LogP contribution in [0.4, 0.5) is 0 Å². The number of H-pyrrole nitrogens is 2. The molecule has 4 saturated carbocycles. The molecule has 3 spiro atoms. The lowest BCUT2D eigenvalue weighted by atomic mass is 9.30. The van der Waals surface area contributed by atoms with Crippen molar-refractivity contribution in [3.8, 4) is 28.7 Å². The molecule has 0 radical (unpaired) electrons. The molecule has 0 amide bonds. The topological polar surface area (TPSA) is 202 Å². The number of hydrogen-bond acceptors (Lipinski definition) is 12. The van der Waals surface area contributed by atoms with Crippen molar-refractivity contribution in [3.63, 3.8) is 0 Å². The Morgan fingerprint density at radius 3 is 2.39 bits per heavy atom. The molecule has 8 fully saturated rings. The van der Waals surface area contributed by atoms with E-state index in [9.17, 15) is 30.6 Å². The SMILES string of the molecule is CCc1cc([C@H]2CNCC3=C[C@H](c4ccccc4)[C@@H]4C[C@@]5(C[C@H]3N4)C[C@H](c3ccc(CCc4c(O)c(O)c6c(O)cccc6c4/C=C/c4ccc(O)c(O)c4)cc3)N[C@H]3[C@@H]5C[C@@H]4CC[C@H](CSSC2)[C@@]42CC[C@@]45CCC[C@@H]4C=C[C@@H](O)[C@H]5[C@]32c2cnc[nH]2)c[nH]1. The van der Waals surface area contributed by atoms with Gasteiger partial charge in [-0.05, 0) is 192 Å². The molecule has 16 atom stereocenters. The molecule has 5 aliphatic carbocycles. The van der Waals surface area contributed by atoms with Gasteiger partial charge in [-0.2, -0.15) is 0 Å². The van der Waals surface area contributed by atoms with Crippen LogP contribution in [0, 0.1) is 45.8 Å². The Balaban J connectivity index is 0.829. The molecule has 11 N–H and O–H groups in total. The fourth-order valence-corrected chi connectivity index (χ4v) is 24.3. The normalized spacial score (nSPS) is 35.3. The van der Waals surface area contributed by atoms with Crippen LogP contribution in [0.1, 0.15) is 146 Å². The fraction of sp³-hybridized carbons (Fsp3) is 0.461. The van der Waals surface area contributed by atoms with E-state index in [-0.39, 0.29) is 86.4 Å². The van der Waals surface area contributed by atoms with Crippen molar-refractivity contribution >= 4 is 44.5 Å². The van der Waals surface area contributed by atoms with Crippen LogP contribution in [-0.4, -0.2) is 94.4 Å². The van der Waals surface area contributed by atoms with Crippen LogP contribution >= 0.6 is 21.6 Å². The maximum Gasteiger partial charge on any atom is 0.169 e. The molecule has 90 heavy (non-hydrogen) atoms. The van der Waals surface area contributed by atoms with Gasteiger partial charge in [0.1, 0.15) is 5.75 Å². The Hall–Kier alpha value is -6.39. The van der Waals surface area contributed by atoms with E-state index in [1.54, 1.807) is 18.2 Å². The second-order valence-corrected chi connectivity index (χ2v) is 31.3. The molecular weight excluding hydrogens is 1160 g/mol. The molecule has 5 aromatic carbocycles. The number of aryl methyl sites for hydroxylation is 2. The summed E-state index contributed by atoms with van der Waals surface area (Å²) in [6.45, 7) is 3.98. The third kappa shape index (κ3) is 9.24. The minimum absolute atomic E-state index is 0.00425. The monoisotopic (exact) mass is 1240 g/mol. The van der Waals surface area contributed by atoms with Crippen LogP contribution in [0.15, 0.2) is 140 Å². The first-order chi connectivity index (χ1) is 43.9. The van der Waals surface area contributed by atoms with E-state index in [1.807, 2.05) is 18.5 Å². The molecular formula is C76H86N6O6S2. The van der Waals surface area contributed by atoms with Crippen LogP contribution in [-0.2, 0) is 24.7 Å². The zero-order valence-electron chi connectivity index (χ0n) is 51.5. The average Bonchev–Trinajstić information content (AvgIpc) is 1.13. The number of aromatic amines is 2. The molecule has 8 bridgehead atoms. The number of aliphatic hydroxyl groups excluding tert-OH is 1. The minimum atomic E-state index is -0.591. The van der Waals surface area contributed by atoms with Crippen molar-refractivity contribution in [2.75, 3.05) is 24.6 Å². The van der Waals surface area contributed by atoms with Crippen LogP contribution in [0.2, 0.25) is 0 Å². The Kier molecular flexibility index (Phi) is 15.0. The fourth-order valence-electron chi connectivity index (χ4n) is 21.5. The lowest BCUT2D eigenvalue weighted by Gasteiger charge is -2.76. The van der Waals surface area contributed by atoms with Gasteiger partial charge in [0.2, 0.25) is 0 Å². The van der Waals surface area contributed by atoms with Gasteiger partial charge in [-0.1, -0.05) is 138 Å². The zero-order valence-corrected chi connectivity index (χ0v) is 53.1. The maximum atomic E-state index is 13.5. The molecule has 0 unspecified atom stereocenters. The van der Waals surface area contributed by atoms with Gasteiger partial charge < -0.3 is 56.6 Å². The Labute approximate surface area is 536 Å². The van der Waals surface area contributed by atoms with Crippen molar-refractivity contribution in [1.82, 2.24) is 30.9 Å². The number of rotatable bonds is 10. The summed E-state index contributed by atoms with van der Waals surface area (Å²) in [5.41, 5.74) is 10.3. The molecule has 7 heterocycles. The van der Waals surface area contributed by atoms with Crippen LogP contribution < -0.4 is 16.0 Å². The number of fused-ring (bicyclic) bond motifs is 9. The van der Waals surface area contributed by atoms with Gasteiger partial charge >= 0.3 is 0 Å². The van der Waals surface area contributed by atoms with Crippen molar-refractivity contribution in [3.05, 3.63) is 190 Å². The summed E-state index contributed by atoms with van der Waals surface area (Å²) in [7, 11) is 4.21. The molecule has 14 heteroatoms. The Morgan fingerprint density at radius 2 is 1.57 bits per heavy atom. The average molecular weight is 1240 g/mol. The van der Waals surface area contributed by atoms with E-state index in [0.717, 1.165) is 62.3 Å². The second-order valence-electron chi connectivity index (χ2n) is 28.8. The van der Waals surface area contributed by atoms with Gasteiger partial charge in [-0.15, -0.1) is 0 Å². The van der Waals surface area contributed by atoms with E-state index in [1.165, 1.54) is 96.8 Å². The standard InChI is InChI=1S/C76H86N6O6S2/c1-2-54-31-48(39-79-54)50-38-77-37-49-32-58(46-8-4-3-5-9-46)62-36-73(35-61(49)81-62)34-60(47-18-13-44(14-19-47)15-24-57-55(23-16-45-17-25-63(83)66(86)30-45)56-11-6-12-64(84)68(56)70(88)69(57)87)82-72-59(73)33-52-20-21-53(42-90-89-41-50)75(52)29-28-74-27-7-10-51(74)22-26-65(85)71(74)76(72,75)67-40-78-43-80-67/h3-6,8-9,11-14,16-19,22-23,25-26,30-32,39-40,43,50-53,58-62,65,71-72,77,79,81-88H,2,7,10,15,20-21,24,27-29,33-38,41-42H2,1H3,(H,78,80)/b23-16+/t50-,51+,52-,53+,58+,59-,60+,61+,62-,65+,71+,72-,73-,74-,75+,76+/m0/s1. The number of aromatic nitrogens is 3. The number of benzene rings is 5. The van der Waals surface area contributed by atoms with Crippen molar-refractivity contribution in [1.29, 1.82) is 0 Å². The second kappa shape index (κ2) is 23.0. The van der Waals surface area contributed by atoms with E-state index in [2.05, 4.69) is 140 Å². The maximum absolute atomic E-state index is 13.5. The summed E-state index contributed by atoms with van der Waals surface area (Å²) in [4.78, 5) is 12.7. The zero-order chi connectivity index (χ0) is 61.1. The highest BCUT2D eigenvalue weighted by molar-refractivity contribution is 8.76. The van der Waals surface area contributed by atoms with E-state index in [0.29, 0.717) is 64.5 Å². The highest BCUT2D eigenvalue weighted by Crippen LogP contribution is 2.80. The number of allylic oxidation sites excluding steroid dienone is 1. The summed E-state index contributed by atoms with van der Waals surface area (Å²) >= 11 is 0. The first kappa shape index (κ1) is 58.7. The molecule has 2 aromatic heterocycles. The highest BCUT2D eigenvalue weighted by Gasteiger charge is 2.80. The van der Waals surface area contributed by atoms with Gasteiger partial charge in [-0.3, -0.25) is 0 Å². The van der Waals surface area contributed by atoms with E-state index < -0.39 is 11.5 Å². The number of aromatic hydroxyl groups is 5. The van der Waals surface area contributed by atoms with Crippen LogP contribution in [0.5, 0.6) is 28.7 Å². The van der Waals surface area contributed by atoms with Crippen LogP contribution in [0.25, 0.3) is 22.9 Å². The number of nitrogens with zero attached hydrogens (tertiary/aromatic N) is 1. The smallest absolute Gasteiger partial charge is 0.169 e. The molecule has 7 aromatic rings. The predicted octanol–water partition coefficient (Wildman–Crippen LogP) is 14.0. The number of nitrogens with one attached hydrogen (secondary N) is 5. The van der Waals surface area contributed by atoms with Crippen LogP contribution in [0.3, 0.4) is 0 Å². The summed E-state index contributed by atoms with van der Waals surface area (Å²) in [6, 6.07) is 33.2. The first-order valence-corrected chi connectivity index (χ1v) is 36.1. The van der Waals surface area contributed by atoms with Gasteiger partial charge in [0, 0.05) is 101 Å². The third-order valence-corrected chi connectivity index (χ3v) is 27.7. The van der Waals surface area contributed by atoms with Crippen molar-refractivity contribution in [2.45, 2.75) is 144 Å². The van der Waals surface area contributed by atoms with E-state index >= 15 is 0 Å². The lowest BCUT2D eigenvalue weighted by Crippen LogP contribution is -2.79. The molecule has 17 rings (SSSR count). The van der Waals surface area contributed by atoms with Crippen molar-refractivity contribution < 1.29 is 30.6 Å². The number of phenols is 5. The highest BCUT2D eigenvalue weighted by atomic mass is 33.1. The third-order valence-electron chi connectivity index (χ3n) is 25.1. The minimum Gasteiger partial charge on any atom is -0.507 e. The Bertz CT molecular complexity index is 3930. The number of aliphatic hydroxyl groups is 1. The van der Waals surface area contributed by atoms with Gasteiger partial charge in [-0.25, -0.2) is 4.98 Å². The predicted molar refractivity (Wildman–Crippen MR) is 361 cm³/mol. The molecule has 5 aliphatic heterocycles. The molecule has 12 nitrogen and oxygen atoms in total. The van der Waals surface area contributed by atoms with E-state index in [4.69, 9.17) is 10.3 Å². The molecule has 10 aliphatic rings. The summed E-state index contributed by atoms with van der Waals surface area (Å²) in [6.07, 6.45) is 31.5. The number of phenolic OH excluding ortho intramolecular Hbond substituents is 5. The summed E-state index contributed by atoms with van der Waals surface area (Å²) in [5.74, 6) is 3.18.